The highest BCUT2D eigenvalue weighted by Gasteiger charge is 2.41. The lowest BCUT2D eigenvalue weighted by atomic mass is 10.1. The van der Waals surface area contributed by atoms with Gasteiger partial charge in [0.25, 0.3) is 0 Å². The van der Waals surface area contributed by atoms with Gasteiger partial charge in [0.1, 0.15) is 0 Å². The molecule has 4 unspecified atom stereocenters. The summed E-state index contributed by atoms with van der Waals surface area (Å²) in [6, 6.07) is 0.0442. The molecule has 0 saturated carbocycles. The summed E-state index contributed by atoms with van der Waals surface area (Å²) in [6.45, 7) is 9.26. The van der Waals surface area contributed by atoms with Crippen LogP contribution < -0.4 is 5.32 Å². The van der Waals surface area contributed by atoms with Crippen molar-refractivity contribution in [2.75, 3.05) is 13.2 Å². The van der Waals surface area contributed by atoms with Crippen molar-refractivity contribution in [1.29, 1.82) is 0 Å². The van der Waals surface area contributed by atoms with Crippen LogP contribution in [0, 0.1) is 0 Å². The van der Waals surface area contributed by atoms with Crippen molar-refractivity contribution >= 4 is 9.84 Å². The lowest BCUT2D eigenvalue weighted by Crippen LogP contribution is -2.47. The van der Waals surface area contributed by atoms with E-state index in [1.807, 2.05) is 20.8 Å². The smallest absolute Gasteiger partial charge is 0.159 e. The average Bonchev–Trinajstić information content (AvgIpc) is 2.76. The molecule has 0 radical (unpaired) electrons. The van der Waals surface area contributed by atoms with E-state index in [4.69, 9.17) is 4.74 Å². The molecule has 1 heterocycles. The number of ether oxygens (including phenoxy) is 1. The third-order valence-corrected chi connectivity index (χ3v) is 6.74. The molecule has 1 N–H and O–H groups in total. The second-order valence-electron chi connectivity index (χ2n) is 5.17. The summed E-state index contributed by atoms with van der Waals surface area (Å²) in [5.74, 6) is 0. The van der Waals surface area contributed by atoms with Crippen LogP contribution in [0.1, 0.15) is 47.0 Å². The summed E-state index contributed by atoms with van der Waals surface area (Å²) in [5.41, 5.74) is 0. The van der Waals surface area contributed by atoms with Gasteiger partial charge in [0.05, 0.1) is 16.6 Å². The van der Waals surface area contributed by atoms with Crippen molar-refractivity contribution < 1.29 is 13.2 Å². The van der Waals surface area contributed by atoms with Crippen LogP contribution >= 0.6 is 0 Å². The molecule has 0 bridgehead atoms. The van der Waals surface area contributed by atoms with Crippen LogP contribution in [0.4, 0.5) is 0 Å². The van der Waals surface area contributed by atoms with Gasteiger partial charge in [-0.1, -0.05) is 13.8 Å². The molecule has 1 aliphatic heterocycles. The minimum atomic E-state index is -3.12. The van der Waals surface area contributed by atoms with E-state index in [0.717, 1.165) is 19.4 Å². The Morgan fingerprint density at radius 2 is 2.06 bits per heavy atom. The van der Waals surface area contributed by atoms with Crippen LogP contribution in [0.25, 0.3) is 0 Å². The molecule has 0 aromatic heterocycles. The molecular weight excluding hydrogens is 250 g/mol. The van der Waals surface area contributed by atoms with E-state index in [0.29, 0.717) is 13.0 Å². The van der Waals surface area contributed by atoms with Gasteiger partial charge in [-0.05, 0) is 39.7 Å². The van der Waals surface area contributed by atoms with Gasteiger partial charge < -0.3 is 10.1 Å². The lowest BCUT2D eigenvalue weighted by Gasteiger charge is -2.27. The summed E-state index contributed by atoms with van der Waals surface area (Å²) in [4.78, 5) is 0. The Hall–Kier alpha value is -0.130. The first kappa shape index (κ1) is 15.9. The molecule has 5 heteroatoms. The van der Waals surface area contributed by atoms with E-state index in [1.54, 1.807) is 0 Å². The van der Waals surface area contributed by atoms with Crippen molar-refractivity contribution in [1.82, 2.24) is 5.32 Å². The molecule has 0 spiro atoms. The van der Waals surface area contributed by atoms with Gasteiger partial charge in [-0.15, -0.1) is 0 Å². The minimum absolute atomic E-state index is 0.0442. The molecule has 1 saturated heterocycles. The van der Waals surface area contributed by atoms with Gasteiger partial charge >= 0.3 is 0 Å². The van der Waals surface area contributed by atoms with Crippen LogP contribution in [0.2, 0.25) is 0 Å². The van der Waals surface area contributed by atoms with E-state index in [9.17, 15) is 8.42 Å². The summed E-state index contributed by atoms with van der Waals surface area (Å²) in [5, 5.41) is 2.67. The highest BCUT2D eigenvalue weighted by atomic mass is 32.2. The van der Waals surface area contributed by atoms with Crippen molar-refractivity contribution in [3.8, 4) is 0 Å². The maximum absolute atomic E-state index is 12.6. The van der Waals surface area contributed by atoms with Crippen molar-refractivity contribution in [2.45, 2.75) is 69.6 Å². The SMILES string of the molecule is CCCNC(CC)C(C)S(=O)(=O)C1CCOC1C. The molecule has 0 aromatic carbocycles. The number of rotatable bonds is 7. The topological polar surface area (TPSA) is 55.4 Å². The second kappa shape index (κ2) is 6.87. The van der Waals surface area contributed by atoms with E-state index in [-0.39, 0.29) is 22.6 Å². The number of nitrogens with one attached hydrogen (secondary N) is 1. The first-order valence-corrected chi connectivity index (χ1v) is 8.63. The van der Waals surface area contributed by atoms with Crippen LogP contribution in [-0.2, 0) is 14.6 Å². The molecule has 0 amide bonds. The van der Waals surface area contributed by atoms with Crippen LogP contribution in [0.5, 0.6) is 0 Å². The summed E-state index contributed by atoms with van der Waals surface area (Å²) >= 11 is 0. The monoisotopic (exact) mass is 277 g/mol. The molecule has 4 atom stereocenters. The highest BCUT2D eigenvalue weighted by molar-refractivity contribution is 7.92. The third-order valence-electron chi connectivity index (χ3n) is 3.91. The fourth-order valence-corrected chi connectivity index (χ4v) is 4.96. The molecule has 1 fully saturated rings. The normalized spacial score (nSPS) is 28.2. The fourth-order valence-electron chi connectivity index (χ4n) is 2.62. The Bertz CT molecular complexity index is 342. The predicted molar refractivity (Wildman–Crippen MR) is 74.6 cm³/mol. The largest absolute Gasteiger partial charge is 0.377 e. The first-order chi connectivity index (χ1) is 8.45. The number of hydrogen-bond donors (Lipinski definition) is 1. The Kier molecular flexibility index (Phi) is 6.08. The van der Waals surface area contributed by atoms with Gasteiger partial charge in [0.15, 0.2) is 9.84 Å². The van der Waals surface area contributed by atoms with E-state index in [2.05, 4.69) is 12.2 Å². The van der Waals surface area contributed by atoms with Gasteiger partial charge in [-0.2, -0.15) is 0 Å². The molecular formula is C13H27NO3S. The number of hydrogen-bond acceptors (Lipinski definition) is 4. The molecule has 18 heavy (non-hydrogen) atoms. The van der Waals surface area contributed by atoms with Crippen molar-refractivity contribution in [2.24, 2.45) is 0 Å². The molecule has 1 rings (SSSR count). The average molecular weight is 277 g/mol. The summed E-state index contributed by atoms with van der Waals surface area (Å²) in [6.07, 6.45) is 2.33. The zero-order chi connectivity index (χ0) is 13.8. The first-order valence-electron chi connectivity index (χ1n) is 7.02. The van der Waals surface area contributed by atoms with Crippen LogP contribution in [0.15, 0.2) is 0 Å². The quantitative estimate of drug-likeness (QED) is 0.770. The molecule has 4 nitrogen and oxygen atoms in total. The van der Waals surface area contributed by atoms with Crippen molar-refractivity contribution in [3.05, 3.63) is 0 Å². The fraction of sp³-hybridized carbons (Fsp3) is 1.00. The molecule has 1 aliphatic rings. The number of sulfone groups is 1. The predicted octanol–water partition coefficient (Wildman–Crippen LogP) is 1.75. The molecule has 0 aliphatic carbocycles. The Labute approximate surface area is 111 Å². The Balaban J connectivity index is 2.76. The maximum atomic E-state index is 12.6. The van der Waals surface area contributed by atoms with Crippen molar-refractivity contribution in [3.63, 3.8) is 0 Å². The minimum Gasteiger partial charge on any atom is -0.377 e. The van der Waals surface area contributed by atoms with Gasteiger partial charge in [-0.25, -0.2) is 8.42 Å². The van der Waals surface area contributed by atoms with Crippen LogP contribution in [-0.4, -0.2) is 44.2 Å². The zero-order valence-electron chi connectivity index (χ0n) is 12.0. The van der Waals surface area contributed by atoms with E-state index < -0.39 is 9.84 Å². The van der Waals surface area contributed by atoms with Gasteiger partial charge in [0, 0.05) is 12.6 Å². The summed E-state index contributed by atoms with van der Waals surface area (Å²) in [7, 11) is -3.12. The van der Waals surface area contributed by atoms with Crippen LogP contribution in [0.3, 0.4) is 0 Å². The molecule has 108 valence electrons. The lowest BCUT2D eigenvalue weighted by molar-refractivity contribution is 0.126. The summed E-state index contributed by atoms with van der Waals surface area (Å²) < 4.78 is 30.6. The maximum Gasteiger partial charge on any atom is 0.159 e. The zero-order valence-corrected chi connectivity index (χ0v) is 12.8. The third kappa shape index (κ3) is 3.45. The highest BCUT2D eigenvalue weighted by Crippen LogP contribution is 2.26. The van der Waals surface area contributed by atoms with E-state index >= 15 is 0 Å². The van der Waals surface area contributed by atoms with Gasteiger partial charge in [0.2, 0.25) is 0 Å². The molecule has 0 aromatic rings. The van der Waals surface area contributed by atoms with Gasteiger partial charge in [-0.3, -0.25) is 0 Å². The standard InChI is InChI=1S/C13H27NO3S/c1-5-8-14-12(6-2)11(4)18(15,16)13-7-9-17-10(13)3/h10-14H,5-9H2,1-4H3. The Morgan fingerprint density at radius 1 is 1.39 bits per heavy atom. The Morgan fingerprint density at radius 3 is 2.50 bits per heavy atom. The second-order valence-corrected chi connectivity index (χ2v) is 7.69. The van der Waals surface area contributed by atoms with E-state index in [1.165, 1.54) is 0 Å².